The van der Waals surface area contributed by atoms with Crippen LogP contribution in [-0.4, -0.2) is 47.3 Å². The van der Waals surface area contributed by atoms with Crippen LogP contribution in [0.25, 0.3) is 0 Å². The van der Waals surface area contributed by atoms with Crippen molar-refractivity contribution in [2.75, 3.05) is 19.7 Å². The number of carbonyl (C=O) groups is 3. The maximum Gasteiger partial charge on any atom is 0.343 e. The van der Waals surface area contributed by atoms with Crippen molar-refractivity contribution in [2.24, 2.45) is 0 Å². The molecule has 0 aliphatic heterocycles. The highest BCUT2D eigenvalue weighted by atomic mass is 35.5. The first-order chi connectivity index (χ1) is 13.3. The Morgan fingerprint density at radius 1 is 1.11 bits per heavy atom. The second kappa shape index (κ2) is 9.89. The summed E-state index contributed by atoms with van der Waals surface area (Å²) in [6, 6.07) is 7.88. The van der Waals surface area contributed by atoms with Gasteiger partial charge in [0, 0.05) is 6.54 Å². The van der Waals surface area contributed by atoms with Crippen LogP contribution in [0.4, 0.5) is 0 Å². The lowest BCUT2D eigenvalue weighted by molar-refractivity contribution is -0.127. The van der Waals surface area contributed by atoms with E-state index in [1.807, 2.05) is 31.2 Å². The number of benzene rings is 1. The summed E-state index contributed by atoms with van der Waals surface area (Å²) in [6.07, 6.45) is 0. The predicted molar refractivity (Wildman–Crippen MR) is 104 cm³/mol. The number of halogens is 1. The minimum absolute atomic E-state index is 0.116. The van der Waals surface area contributed by atoms with Crippen LogP contribution in [0.5, 0.6) is 0 Å². The van der Waals surface area contributed by atoms with Crippen molar-refractivity contribution in [2.45, 2.75) is 27.3 Å². The highest BCUT2D eigenvalue weighted by Crippen LogP contribution is 2.22. The van der Waals surface area contributed by atoms with Gasteiger partial charge in [-0.25, -0.2) is 9.48 Å². The molecular formula is C19H23ClN4O4. The molecule has 0 spiro atoms. The molecule has 150 valence electrons. The molecule has 0 radical (unpaired) electrons. The summed E-state index contributed by atoms with van der Waals surface area (Å²) in [4.78, 5) is 35.3. The number of aryl methyl sites for hydroxylation is 2. The van der Waals surface area contributed by atoms with Crippen molar-refractivity contribution in [3.05, 3.63) is 51.8 Å². The molecule has 0 saturated carbocycles. The molecule has 8 nitrogen and oxygen atoms in total. The number of esters is 1. The van der Waals surface area contributed by atoms with Gasteiger partial charge in [-0.15, -0.1) is 0 Å². The van der Waals surface area contributed by atoms with Gasteiger partial charge in [-0.05, 0) is 26.3 Å². The maximum absolute atomic E-state index is 12.3. The van der Waals surface area contributed by atoms with Gasteiger partial charge in [0.1, 0.15) is 10.7 Å². The number of aromatic nitrogens is 2. The highest BCUT2D eigenvalue weighted by molar-refractivity contribution is 6.32. The Balaban J connectivity index is 1.96. The lowest BCUT2D eigenvalue weighted by Gasteiger charge is -2.07. The second-order valence-corrected chi connectivity index (χ2v) is 6.56. The van der Waals surface area contributed by atoms with E-state index in [2.05, 4.69) is 15.7 Å². The summed E-state index contributed by atoms with van der Waals surface area (Å²) in [5.74, 6) is -1.65. The van der Waals surface area contributed by atoms with Crippen molar-refractivity contribution in [1.82, 2.24) is 20.4 Å². The molecule has 0 aliphatic carbocycles. The summed E-state index contributed by atoms with van der Waals surface area (Å²) in [7, 11) is 0. The molecular weight excluding hydrogens is 384 g/mol. The lowest BCUT2D eigenvalue weighted by atomic mass is 10.1. The van der Waals surface area contributed by atoms with Crippen molar-refractivity contribution < 1.29 is 19.1 Å². The first kappa shape index (κ1) is 21.4. The molecule has 0 fully saturated rings. The van der Waals surface area contributed by atoms with E-state index >= 15 is 0 Å². The molecule has 9 heteroatoms. The fraction of sp³-hybridized carbons (Fsp3) is 0.368. The fourth-order valence-electron chi connectivity index (χ4n) is 2.45. The number of amides is 2. The number of hydrogen-bond acceptors (Lipinski definition) is 5. The summed E-state index contributed by atoms with van der Waals surface area (Å²) >= 11 is 6.30. The van der Waals surface area contributed by atoms with Gasteiger partial charge in [0.2, 0.25) is 5.91 Å². The lowest BCUT2D eigenvalue weighted by Crippen LogP contribution is -2.38. The van der Waals surface area contributed by atoms with Crippen LogP contribution in [0, 0.1) is 13.8 Å². The van der Waals surface area contributed by atoms with Gasteiger partial charge in [0.15, 0.2) is 6.61 Å². The Kier molecular flexibility index (Phi) is 7.57. The quantitative estimate of drug-likeness (QED) is 0.648. The Morgan fingerprint density at radius 2 is 1.79 bits per heavy atom. The van der Waals surface area contributed by atoms with Crippen LogP contribution in [0.2, 0.25) is 5.15 Å². The van der Waals surface area contributed by atoms with E-state index in [4.69, 9.17) is 16.3 Å². The smallest absolute Gasteiger partial charge is 0.343 e. The molecule has 1 heterocycles. The maximum atomic E-state index is 12.3. The molecule has 2 N–H and O–H groups in total. The van der Waals surface area contributed by atoms with Gasteiger partial charge in [0.25, 0.3) is 5.91 Å². The first-order valence-electron chi connectivity index (χ1n) is 8.80. The van der Waals surface area contributed by atoms with Crippen molar-refractivity contribution >= 4 is 29.4 Å². The molecule has 2 rings (SSSR count). The Labute approximate surface area is 168 Å². The Bertz CT molecular complexity index is 862. The number of rotatable bonds is 8. The zero-order chi connectivity index (χ0) is 20.7. The molecule has 0 saturated heterocycles. The largest absolute Gasteiger partial charge is 0.452 e. The fourth-order valence-corrected chi connectivity index (χ4v) is 2.76. The van der Waals surface area contributed by atoms with Crippen molar-refractivity contribution in [3.63, 3.8) is 0 Å². The molecule has 0 unspecified atom stereocenters. The van der Waals surface area contributed by atoms with Gasteiger partial charge in [0.05, 0.1) is 18.8 Å². The van der Waals surface area contributed by atoms with E-state index in [0.717, 1.165) is 11.1 Å². The van der Waals surface area contributed by atoms with Gasteiger partial charge < -0.3 is 15.4 Å². The summed E-state index contributed by atoms with van der Waals surface area (Å²) in [6.45, 7) is 5.58. The number of carbonyl (C=O) groups excluding carboxylic acids is 3. The standard InChI is InChI=1S/C19H23ClN4O4/c1-4-21-15(25)9-22-16(26)11-28-19(27)17-13(3)23-24(18(17)20)10-14-7-5-12(2)6-8-14/h5-8H,4,9-11H2,1-3H3,(H,21,25)(H,22,26). The number of nitrogens with zero attached hydrogens (tertiary/aromatic N) is 2. The summed E-state index contributed by atoms with van der Waals surface area (Å²) in [5.41, 5.74) is 2.65. The number of likely N-dealkylation sites (N-methyl/N-ethyl adjacent to an activating group) is 1. The summed E-state index contributed by atoms with van der Waals surface area (Å²) in [5, 5.41) is 9.34. The Morgan fingerprint density at radius 3 is 2.43 bits per heavy atom. The van der Waals surface area contributed by atoms with E-state index in [-0.39, 0.29) is 23.2 Å². The normalized spacial score (nSPS) is 10.4. The predicted octanol–water partition coefficient (Wildman–Crippen LogP) is 1.61. The molecule has 0 atom stereocenters. The zero-order valence-corrected chi connectivity index (χ0v) is 16.8. The first-order valence-corrected chi connectivity index (χ1v) is 9.18. The third kappa shape index (κ3) is 5.82. The van der Waals surface area contributed by atoms with Gasteiger partial charge in [-0.3, -0.25) is 9.59 Å². The average Bonchev–Trinajstić information content (AvgIpc) is 2.93. The third-order valence-electron chi connectivity index (χ3n) is 3.88. The molecule has 1 aromatic carbocycles. The van der Waals surface area contributed by atoms with Crippen LogP contribution in [0.1, 0.15) is 34.1 Å². The van der Waals surface area contributed by atoms with E-state index < -0.39 is 18.5 Å². The van der Waals surface area contributed by atoms with Crippen LogP contribution < -0.4 is 10.6 Å². The monoisotopic (exact) mass is 406 g/mol. The van der Waals surface area contributed by atoms with Gasteiger partial charge in [-0.2, -0.15) is 5.10 Å². The molecule has 0 aliphatic rings. The van der Waals surface area contributed by atoms with Gasteiger partial charge >= 0.3 is 5.97 Å². The van der Waals surface area contributed by atoms with Crippen molar-refractivity contribution in [3.8, 4) is 0 Å². The molecule has 2 amide bonds. The van der Waals surface area contributed by atoms with Gasteiger partial charge in [-0.1, -0.05) is 41.4 Å². The Hall–Kier alpha value is -2.87. The van der Waals surface area contributed by atoms with E-state index in [1.54, 1.807) is 13.8 Å². The zero-order valence-electron chi connectivity index (χ0n) is 16.0. The molecule has 0 bridgehead atoms. The summed E-state index contributed by atoms with van der Waals surface area (Å²) < 4.78 is 6.51. The number of ether oxygens (including phenoxy) is 1. The third-order valence-corrected chi connectivity index (χ3v) is 4.26. The minimum Gasteiger partial charge on any atom is -0.452 e. The van der Waals surface area contributed by atoms with E-state index in [0.29, 0.717) is 18.8 Å². The minimum atomic E-state index is -0.745. The van der Waals surface area contributed by atoms with E-state index in [1.165, 1.54) is 4.68 Å². The van der Waals surface area contributed by atoms with Crippen LogP contribution in [-0.2, 0) is 20.9 Å². The van der Waals surface area contributed by atoms with E-state index in [9.17, 15) is 14.4 Å². The number of hydrogen-bond donors (Lipinski definition) is 2. The van der Waals surface area contributed by atoms with Crippen molar-refractivity contribution in [1.29, 1.82) is 0 Å². The molecule has 1 aromatic heterocycles. The molecule has 28 heavy (non-hydrogen) atoms. The van der Waals surface area contributed by atoms with Crippen LogP contribution in [0.3, 0.4) is 0 Å². The number of nitrogens with one attached hydrogen (secondary N) is 2. The van der Waals surface area contributed by atoms with Crippen LogP contribution in [0.15, 0.2) is 24.3 Å². The molecule has 2 aromatic rings. The SMILES string of the molecule is CCNC(=O)CNC(=O)COC(=O)c1c(C)nn(Cc2ccc(C)cc2)c1Cl. The highest BCUT2D eigenvalue weighted by Gasteiger charge is 2.22. The topological polar surface area (TPSA) is 102 Å². The second-order valence-electron chi connectivity index (χ2n) is 6.20. The van der Waals surface area contributed by atoms with Crippen LogP contribution >= 0.6 is 11.6 Å². The average molecular weight is 407 g/mol.